The molecule has 1 aliphatic rings. The van der Waals surface area contributed by atoms with Crippen molar-refractivity contribution in [3.63, 3.8) is 0 Å². The molecule has 1 aromatic carbocycles. The van der Waals surface area contributed by atoms with E-state index in [1.807, 2.05) is 12.1 Å². The molecular formula is C24H31N3O2. The summed E-state index contributed by atoms with van der Waals surface area (Å²) in [5.74, 6) is 0.978. The third-order valence-electron chi connectivity index (χ3n) is 5.49. The van der Waals surface area contributed by atoms with Gasteiger partial charge in [0.05, 0.1) is 0 Å². The molecule has 2 atom stereocenters. The van der Waals surface area contributed by atoms with Gasteiger partial charge in [-0.3, -0.25) is 9.59 Å². The summed E-state index contributed by atoms with van der Waals surface area (Å²) in [4.78, 5) is 29.0. The van der Waals surface area contributed by atoms with Crippen LogP contribution in [0, 0.1) is 11.8 Å². The topological polar surface area (TPSA) is 71.1 Å². The largest absolute Gasteiger partial charge is 0.326 e. The quantitative estimate of drug-likeness (QED) is 0.484. The van der Waals surface area contributed by atoms with Crippen LogP contribution in [-0.4, -0.2) is 16.8 Å². The zero-order valence-corrected chi connectivity index (χ0v) is 17.2. The summed E-state index contributed by atoms with van der Waals surface area (Å²) in [7, 11) is 0. The second-order valence-electron chi connectivity index (χ2n) is 7.90. The number of carbonyl (C=O) groups is 2. The summed E-state index contributed by atoms with van der Waals surface area (Å²) in [5, 5.41) is 5.74. The normalized spacial score (nSPS) is 17.6. The summed E-state index contributed by atoms with van der Waals surface area (Å²) in [6.45, 7) is 2.23. The van der Waals surface area contributed by atoms with Crippen LogP contribution in [0.5, 0.6) is 0 Å². The van der Waals surface area contributed by atoms with E-state index in [0.717, 1.165) is 12.8 Å². The van der Waals surface area contributed by atoms with Crippen molar-refractivity contribution in [3.05, 3.63) is 54.2 Å². The predicted molar refractivity (Wildman–Crippen MR) is 117 cm³/mol. The van der Waals surface area contributed by atoms with Crippen molar-refractivity contribution in [3.8, 4) is 0 Å². The standard InChI is InChI=1S/C24H31N3O2/c1-2-3-4-5-6-7-11-18-17-21(18)24(29)26-20-13-10-12-19(16-20)23(28)27-22-14-8-9-15-25-22/h8-10,12-16,18,21H,2-7,11,17H2,1H3,(H,26,29)(H,25,27,28)/t18-,21-/m1/s1. The average Bonchev–Trinajstić information content (AvgIpc) is 3.51. The molecule has 0 unspecified atom stereocenters. The Balaban J connectivity index is 1.43. The molecule has 29 heavy (non-hydrogen) atoms. The molecular weight excluding hydrogens is 362 g/mol. The first-order valence-electron chi connectivity index (χ1n) is 10.8. The number of carbonyl (C=O) groups excluding carboxylic acids is 2. The summed E-state index contributed by atoms with van der Waals surface area (Å²) < 4.78 is 0. The molecule has 3 rings (SSSR count). The number of nitrogens with zero attached hydrogens (tertiary/aromatic N) is 1. The molecule has 2 amide bonds. The smallest absolute Gasteiger partial charge is 0.256 e. The Hall–Kier alpha value is -2.69. The number of nitrogens with one attached hydrogen (secondary N) is 2. The lowest BCUT2D eigenvalue weighted by Gasteiger charge is -2.08. The number of aromatic nitrogens is 1. The van der Waals surface area contributed by atoms with E-state index < -0.39 is 0 Å². The van der Waals surface area contributed by atoms with Crippen LogP contribution in [0.25, 0.3) is 0 Å². The van der Waals surface area contributed by atoms with Gasteiger partial charge in [-0.25, -0.2) is 4.98 Å². The predicted octanol–water partition coefficient (Wildman–Crippen LogP) is 5.66. The molecule has 154 valence electrons. The monoisotopic (exact) mass is 393 g/mol. The fraction of sp³-hybridized carbons (Fsp3) is 0.458. The molecule has 0 radical (unpaired) electrons. The van der Waals surface area contributed by atoms with Gasteiger partial charge in [-0.05, 0) is 49.1 Å². The van der Waals surface area contributed by atoms with Crippen LogP contribution in [0.15, 0.2) is 48.7 Å². The SMILES string of the molecule is CCCCCCCC[C@@H]1C[C@H]1C(=O)Nc1cccc(C(=O)Nc2ccccn2)c1. The Morgan fingerprint density at radius 1 is 1.00 bits per heavy atom. The highest BCUT2D eigenvalue weighted by molar-refractivity contribution is 6.05. The minimum atomic E-state index is -0.243. The van der Waals surface area contributed by atoms with E-state index in [0.29, 0.717) is 23.0 Å². The number of amides is 2. The molecule has 5 nitrogen and oxygen atoms in total. The second-order valence-corrected chi connectivity index (χ2v) is 7.90. The van der Waals surface area contributed by atoms with Gasteiger partial charge in [0.25, 0.3) is 5.91 Å². The third-order valence-corrected chi connectivity index (χ3v) is 5.49. The van der Waals surface area contributed by atoms with Crippen molar-refractivity contribution in [1.82, 2.24) is 4.98 Å². The number of unbranched alkanes of at least 4 members (excludes halogenated alkanes) is 5. The van der Waals surface area contributed by atoms with E-state index in [9.17, 15) is 9.59 Å². The number of benzene rings is 1. The zero-order valence-electron chi connectivity index (χ0n) is 17.2. The summed E-state index contributed by atoms with van der Waals surface area (Å²) in [6.07, 6.45) is 11.5. The highest BCUT2D eigenvalue weighted by Crippen LogP contribution is 2.43. The molecule has 1 fully saturated rings. The number of hydrogen-bond acceptors (Lipinski definition) is 3. The summed E-state index contributed by atoms with van der Waals surface area (Å²) in [5.41, 5.74) is 1.15. The lowest BCUT2D eigenvalue weighted by atomic mass is 10.1. The van der Waals surface area contributed by atoms with Gasteiger partial charge in [0.1, 0.15) is 5.82 Å². The van der Waals surface area contributed by atoms with Crippen LogP contribution >= 0.6 is 0 Å². The molecule has 2 N–H and O–H groups in total. The maximum Gasteiger partial charge on any atom is 0.256 e. The molecule has 1 saturated carbocycles. The number of pyridine rings is 1. The van der Waals surface area contributed by atoms with Crippen molar-refractivity contribution in [1.29, 1.82) is 0 Å². The number of hydrogen-bond donors (Lipinski definition) is 2. The molecule has 1 aromatic heterocycles. The van der Waals surface area contributed by atoms with E-state index in [1.165, 1.54) is 38.5 Å². The first-order valence-corrected chi connectivity index (χ1v) is 10.8. The first kappa shape index (κ1) is 21.0. The van der Waals surface area contributed by atoms with Gasteiger partial charge >= 0.3 is 0 Å². The van der Waals surface area contributed by atoms with Crippen LogP contribution < -0.4 is 10.6 Å². The van der Waals surface area contributed by atoms with Crippen molar-refractivity contribution < 1.29 is 9.59 Å². The van der Waals surface area contributed by atoms with E-state index in [1.54, 1.807) is 36.5 Å². The van der Waals surface area contributed by atoms with Gasteiger partial charge in [-0.2, -0.15) is 0 Å². The Bertz CT molecular complexity index is 807. The van der Waals surface area contributed by atoms with Crippen molar-refractivity contribution in [2.75, 3.05) is 10.6 Å². The molecule has 0 spiro atoms. The Labute approximate surface area is 173 Å². The molecule has 0 saturated heterocycles. The molecule has 2 aromatic rings. The van der Waals surface area contributed by atoms with Crippen LogP contribution in [0.2, 0.25) is 0 Å². The summed E-state index contributed by atoms with van der Waals surface area (Å²) >= 11 is 0. The van der Waals surface area contributed by atoms with Gasteiger partial charge < -0.3 is 10.6 Å². The highest BCUT2D eigenvalue weighted by atomic mass is 16.2. The number of rotatable bonds is 11. The van der Waals surface area contributed by atoms with Crippen LogP contribution in [0.4, 0.5) is 11.5 Å². The van der Waals surface area contributed by atoms with Gasteiger partial charge in [-0.1, -0.05) is 57.6 Å². The number of anilines is 2. The lowest BCUT2D eigenvalue weighted by Crippen LogP contribution is -2.16. The van der Waals surface area contributed by atoms with E-state index in [2.05, 4.69) is 22.5 Å². The maximum atomic E-state index is 12.5. The zero-order chi connectivity index (χ0) is 20.5. The Kier molecular flexibility index (Phi) is 7.79. The van der Waals surface area contributed by atoms with E-state index in [-0.39, 0.29) is 17.7 Å². The Morgan fingerprint density at radius 2 is 1.83 bits per heavy atom. The molecule has 0 bridgehead atoms. The lowest BCUT2D eigenvalue weighted by molar-refractivity contribution is -0.117. The molecule has 1 heterocycles. The summed E-state index contributed by atoms with van der Waals surface area (Å²) in [6, 6.07) is 12.4. The Morgan fingerprint density at radius 3 is 2.62 bits per heavy atom. The minimum absolute atomic E-state index is 0.0725. The van der Waals surface area contributed by atoms with E-state index in [4.69, 9.17) is 0 Å². The van der Waals surface area contributed by atoms with Crippen molar-refractivity contribution in [2.24, 2.45) is 11.8 Å². The van der Waals surface area contributed by atoms with Gasteiger partial charge in [0.15, 0.2) is 0 Å². The fourth-order valence-corrected chi connectivity index (χ4v) is 3.67. The molecule has 5 heteroatoms. The van der Waals surface area contributed by atoms with Crippen LogP contribution in [0.3, 0.4) is 0 Å². The van der Waals surface area contributed by atoms with E-state index >= 15 is 0 Å². The molecule has 1 aliphatic carbocycles. The first-order chi connectivity index (χ1) is 14.2. The second kappa shape index (κ2) is 10.7. The minimum Gasteiger partial charge on any atom is -0.326 e. The third kappa shape index (κ3) is 6.70. The molecule has 0 aliphatic heterocycles. The van der Waals surface area contributed by atoms with Crippen molar-refractivity contribution in [2.45, 2.75) is 58.3 Å². The van der Waals surface area contributed by atoms with Gasteiger partial charge in [0.2, 0.25) is 5.91 Å². The average molecular weight is 394 g/mol. The maximum absolute atomic E-state index is 12.5. The van der Waals surface area contributed by atoms with Gasteiger partial charge in [-0.15, -0.1) is 0 Å². The highest BCUT2D eigenvalue weighted by Gasteiger charge is 2.42. The van der Waals surface area contributed by atoms with Gasteiger partial charge in [0, 0.05) is 23.4 Å². The van der Waals surface area contributed by atoms with Crippen molar-refractivity contribution >= 4 is 23.3 Å². The fourth-order valence-electron chi connectivity index (χ4n) is 3.67. The van der Waals surface area contributed by atoms with Crippen LogP contribution in [-0.2, 0) is 4.79 Å². The van der Waals surface area contributed by atoms with Crippen LogP contribution in [0.1, 0.15) is 68.6 Å².